The second-order valence-corrected chi connectivity index (χ2v) is 8.70. The van der Waals surface area contributed by atoms with Crippen molar-refractivity contribution in [2.75, 3.05) is 0 Å². The van der Waals surface area contributed by atoms with Gasteiger partial charge in [-0.05, 0) is 65.8 Å². The van der Waals surface area contributed by atoms with Gasteiger partial charge in [0.05, 0.1) is 6.33 Å². The Morgan fingerprint density at radius 2 is 1.77 bits per heavy atom. The first-order chi connectivity index (χ1) is 15.2. The zero-order valence-corrected chi connectivity index (χ0v) is 18.1. The minimum absolute atomic E-state index is 0.0652. The highest BCUT2D eigenvalue weighted by molar-refractivity contribution is 6.30. The smallest absolute Gasteiger partial charge is 0.119 e. The molecular weight excluding hydrogens is 404 g/mol. The van der Waals surface area contributed by atoms with Crippen molar-refractivity contribution in [2.45, 2.75) is 37.8 Å². The molecule has 0 saturated heterocycles. The molecule has 5 rings (SSSR count). The number of aromatic nitrogens is 2. The highest BCUT2D eigenvalue weighted by Gasteiger charge is 2.38. The first-order valence-corrected chi connectivity index (χ1v) is 11.1. The highest BCUT2D eigenvalue weighted by atomic mass is 35.5. The molecule has 1 heterocycles. The van der Waals surface area contributed by atoms with Crippen LogP contribution in [0.2, 0.25) is 5.02 Å². The topological polar surface area (TPSA) is 27.1 Å². The summed E-state index contributed by atoms with van der Waals surface area (Å²) in [5.41, 5.74) is 5.25. The van der Waals surface area contributed by atoms with Crippen molar-refractivity contribution in [3.05, 3.63) is 119 Å². The zero-order chi connectivity index (χ0) is 21.1. The largest absolute Gasteiger partial charge is 0.489 e. The van der Waals surface area contributed by atoms with Crippen LogP contribution in [-0.4, -0.2) is 9.55 Å². The highest BCUT2D eigenvalue weighted by Crippen LogP contribution is 2.44. The lowest BCUT2D eigenvalue weighted by Crippen LogP contribution is -2.36. The van der Waals surface area contributed by atoms with Crippen LogP contribution in [-0.2, 0) is 25.0 Å². The molecule has 1 aliphatic carbocycles. The number of fused-ring (bicyclic) bond motifs is 1. The van der Waals surface area contributed by atoms with Gasteiger partial charge in [-0.2, -0.15) is 0 Å². The van der Waals surface area contributed by atoms with Crippen LogP contribution in [0.5, 0.6) is 5.75 Å². The van der Waals surface area contributed by atoms with Crippen LogP contribution in [0.1, 0.15) is 35.1 Å². The van der Waals surface area contributed by atoms with Crippen molar-refractivity contribution in [1.82, 2.24) is 9.55 Å². The van der Waals surface area contributed by atoms with E-state index in [4.69, 9.17) is 16.3 Å². The number of nitrogens with zero attached hydrogens (tertiary/aromatic N) is 2. The fourth-order valence-electron chi connectivity index (χ4n) is 4.79. The van der Waals surface area contributed by atoms with Crippen LogP contribution in [0.4, 0.5) is 0 Å². The van der Waals surface area contributed by atoms with E-state index in [1.165, 1.54) is 23.1 Å². The molecule has 1 atom stereocenters. The van der Waals surface area contributed by atoms with Gasteiger partial charge in [0, 0.05) is 29.4 Å². The van der Waals surface area contributed by atoms with Crippen LogP contribution < -0.4 is 4.74 Å². The number of aryl methyl sites for hydroxylation is 1. The van der Waals surface area contributed by atoms with E-state index >= 15 is 0 Å². The maximum absolute atomic E-state index is 6.02. The van der Waals surface area contributed by atoms with Gasteiger partial charge < -0.3 is 9.30 Å². The molecule has 0 bridgehead atoms. The van der Waals surface area contributed by atoms with Gasteiger partial charge >= 0.3 is 0 Å². The molecule has 0 aliphatic heterocycles. The lowest BCUT2D eigenvalue weighted by atomic mass is 9.66. The van der Waals surface area contributed by atoms with E-state index < -0.39 is 0 Å². The monoisotopic (exact) mass is 428 g/mol. The van der Waals surface area contributed by atoms with Crippen LogP contribution in [0.15, 0.2) is 91.5 Å². The Bertz CT molecular complexity index is 1140. The normalized spacial score (nSPS) is 17.8. The molecule has 0 saturated carbocycles. The number of hydrogen-bond donors (Lipinski definition) is 0. The predicted octanol–water partition coefficient (Wildman–Crippen LogP) is 6.44. The van der Waals surface area contributed by atoms with E-state index in [0.29, 0.717) is 6.61 Å². The van der Waals surface area contributed by atoms with Crippen molar-refractivity contribution >= 4 is 11.6 Å². The summed E-state index contributed by atoms with van der Waals surface area (Å²) in [5.74, 6) is 0.876. The van der Waals surface area contributed by atoms with Crippen LogP contribution >= 0.6 is 11.6 Å². The Morgan fingerprint density at radius 3 is 2.55 bits per heavy atom. The second-order valence-electron chi connectivity index (χ2n) is 8.27. The summed E-state index contributed by atoms with van der Waals surface area (Å²) in [5, 5.41) is 0.740. The van der Waals surface area contributed by atoms with E-state index in [9.17, 15) is 0 Å². The third-order valence-electron chi connectivity index (χ3n) is 6.32. The minimum atomic E-state index is -0.0652. The number of ether oxygens (including phenoxy) is 1. The number of halogens is 1. The molecule has 0 radical (unpaired) electrons. The Hall–Kier alpha value is -3.04. The fraction of sp³-hybridized carbons (Fsp3) is 0.222. The Kier molecular flexibility index (Phi) is 5.52. The van der Waals surface area contributed by atoms with Gasteiger partial charge in [-0.3, -0.25) is 0 Å². The second kappa shape index (κ2) is 8.60. The van der Waals surface area contributed by atoms with Gasteiger partial charge in [-0.1, -0.05) is 60.1 Å². The molecule has 0 fully saturated rings. The average molecular weight is 429 g/mol. The number of benzene rings is 3. The Morgan fingerprint density at radius 1 is 0.968 bits per heavy atom. The molecule has 1 unspecified atom stereocenters. The van der Waals surface area contributed by atoms with Crippen molar-refractivity contribution < 1.29 is 4.74 Å². The summed E-state index contributed by atoms with van der Waals surface area (Å²) in [4.78, 5) is 4.28. The van der Waals surface area contributed by atoms with Gasteiger partial charge in [0.15, 0.2) is 0 Å². The van der Waals surface area contributed by atoms with Crippen LogP contribution in [0.3, 0.4) is 0 Å². The van der Waals surface area contributed by atoms with Crippen LogP contribution in [0, 0.1) is 0 Å². The molecule has 1 aromatic heterocycles. The first-order valence-electron chi connectivity index (χ1n) is 10.7. The lowest BCUT2D eigenvalue weighted by molar-refractivity contribution is 0.305. The van der Waals surface area contributed by atoms with Gasteiger partial charge in [0.25, 0.3) is 0 Å². The third-order valence-corrected chi connectivity index (χ3v) is 6.57. The third kappa shape index (κ3) is 4.11. The van der Waals surface area contributed by atoms with Crippen molar-refractivity contribution in [1.29, 1.82) is 0 Å². The maximum Gasteiger partial charge on any atom is 0.119 e. The molecule has 0 spiro atoms. The van der Waals surface area contributed by atoms with E-state index in [0.717, 1.165) is 35.7 Å². The first kappa shape index (κ1) is 19.9. The summed E-state index contributed by atoms with van der Waals surface area (Å²) in [6.07, 6.45) is 9.28. The van der Waals surface area contributed by atoms with Gasteiger partial charge in [-0.25, -0.2) is 4.98 Å². The average Bonchev–Trinajstić information content (AvgIpc) is 3.32. The maximum atomic E-state index is 6.02. The summed E-state index contributed by atoms with van der Waals surface area (Å²) in [7, 11) is 0. The molecule has 156 valence electrons. The molecule has 1 aliphatic rings. The van der Waals surface area contributed by atoms with Crippen molar-refractivity contribution in [3.63, 3.8) is 0 Å². The molecule has 4 heteroatoms. The van der Waals surface area contributed by atoms with Crippen LogP contribution in [0.25, 0.3) is 0 Å². The fourth-order valence-corrected chi connectivity index (χ4v) is 4.91. The van der Waals surface area contributed by atoms with E-state index in [-0.39, 0.29) is 5.41 Å². The number of rotatable bonds is 6. The summed E-state index contributed by atoms with van der Waals surface area (Å²) >= 11 is 5.97. The Labute approximate surface area is 188 Å². The lowest BCUT2D eigenvalue weighted by Gasteiger charge is -2.40. The summed E-state index contributed by atoms with van der Waals surface area (Å²) in [6.45, 7) is 1.41. The molecule has 3 nitrogen and oxygen atoms in total. The SMILES string of the molecule is Clc1ccc(COc2ccc(C3(Cn4ccnc4)CCCc4ccccc43)cc2)cc1. The molecule has 31 heavy (non-hydrogen) atoms. The molecule has 0 amide bonds. The number of imidazole rings is 1. The van der Waals surface area contributed by atoms with Crippen molar-refractivity contribution in [3.8, 4) is 5.75 Å². The van der Waals surface area contributed by atoms with E-state index in [2.05, 4.69) is 64.3 Å². The molecule has 4 aromatic rings. The van der Waals surface area contributed by atoms with Gasteiger partial charge in [-0.15, -0.1) is 0 Å². The summed E-state index contributed by atoms with van der Waals surface area (Å²) < 4.78 is 8.23. The zero-order valence-electron chi connectivity index (χ0n) is 17.4. The van der Waals surface area contributed by atoms with E-state index in [1.807, 2.05) is 36.8 Å². The van der Waals surface area contributed by atoms with Crippen molar-refractivity contribution in [2.24, 2.45) is 0 Å². The minimum Gasteiger partial charge on any atom is -0.489 e. The molecular formula is C27H25ClN2O. The molecule has 0 N–H and O–H groups in total. The molecule has 3 aromatic carbocycles. The standard InChI is InChI=1S/C27H25ClN2O/c28-24-11-7-21(8-12-24)18-31-25-13-9-23(10-14-25)27(19-30-17-16-29-20-30)15-3-5-22-4-1-2-6-26(22)27/h1-2,4,6-14,16-17,20H,3,5,15,18-19H2. The van der Waals surface area contributed by atoms with E-state index in [1.54, 1.807) is 0 Å². The Balaban J connectivity index is 1.44. The predicted molar refractivity (Wildman–Crippen MR) is 125 cm³/mol. The number of hydrogen-bond acceptors (Lipinski definition) is 2. The van der Waals surface area contributed by atoms with Gasteiger partial charge in [0.1, 0.15) is 12.4 Å². The summed E-state index contributed by atoms with van der Waals surface area (Å²) in [6, 6.07) is 25.3. The quantitative estimate of drug-likeness (QED) is 0.353. The van der Waals surface area contributed by atoms with Gasteiger partial charge in [0.2, 0.25) is 0 Å².